The molecule has 0 aliphatic carbocycles. The third kappa shape index (κ3) is 5.37. The molecule has 0 spiro atoms. The van der Waals surface area contributed by atoms with Gasteiger partial charge in [-0.3, -0.25) is 14.5 Å². The molecule has 1 saturated heterocycles. The van der Waals surface area contributed by atoms with Crippen LogP contribution in [0.4, 0.5) is 4.39 Å². The van der Waals surface area contributed by atoms with E-state index in [9.17, 15) is 14.0 Å². The molecule has 0 bridgehead atoms. The molecule has 6 nitrogen and oxygen atoms in total. The maximum atomic E-state index is 12.9. The largest absolute Gasteiger partial charge is 0.379 e. The minimum absolute atomic E-state index is 0.0160. The number of morpholine rings is 1. The Morgan fingerprint density at radius 3 is 2.54 bits per heavy atom. The van der Waals surface area contributed by atoms with Gasteiger partial charge >= 0.3 is 11.8 Å². The molecule has 1 aromatic carbocycles. The Labute approximate surface area is 167 Å². The SMILES string of the molecule is C[C@H](NC(=O)C(=O)NCc1ccc(F)cc1)[C@H](c1cccs1)N1CCOCC1. The van der Waals surface area contributed by atoms with Crippen LogP contribution >= 0.6 is 11.3 Å². The lowest BCUT2D eigenvalue weighted by molar-refractivity contribution is -0.140. The number of nitrogens with zero attached hydrogens (tertiary/aromatic N) is 1. The average molecular weight is 405 g/mol. The molecule has 2 amide bonds. The zero-order chi connectivity index (χ0) is 19.9. The molecule has 2 atom stereocenters. The van der Waals surface area contributed by atoms with Gasteiger partial charge in [0.2, 0.25) is 0 Å². The van der Waals surface area contributed by atoms with Crippen LogP contribution in [0, 0.1) is 5.82 Å². The number of ether oxygens (including phenoxy) is 1. The summed E-state index contributed by atoms with van der Waals surface area (Å²) in [5.41, 5.74) is 0.723. The van der Waals surface area contributed by atoms with Gasteiger partial charge in [0.15, 0.2) is 0 Å². The third-order valence-electron chi connectivity index (χ3n) is 4.68. The summed E-state index contributed by atoms with van der Waals surface area (Å²) in [6, 6.07) is 9.54. The fourth-order valence-corrected chi connectivity index (χ4v) is 4.24. The lowest BCUT2D eigenvalue weighted by atomic mass is 10.1. The molecule has 0 saturated carbocycles. The van der Waals surface area contributed by atoms with Crippen LogP contribution in [0.15, 0.2) is 41.8 Å². The first-order chi connectivity index (χ1) is 13.5. The van der Waals surface area contributed by atoms with Crippen molar-refractivity contribution in [2.75, 3.05) is 26.3 Å². The second-order valence-electron chi connectivity index (χ2n) is 6.68. The lowest BCUT2D eigenvalue weighted by Crippen LogP contribution is -2.51. The predicted molar refractivity (Wildman–Crippen MR) is 105 cm³/mol. The Kier molecular flexibility index (Phi) is 7.13. The normalized spacial score (nSPS) is 16.9. The van der Waals surface area contributed by atoms with E-state index in [0.717, 1.165) is 23.5 Å². The number of rotatable bonds is 6. The van der Waals surface area contributed by atoms with Gasteiger partial charge in [0.25, 0.3) is 0 Å². The highest BCUT2D eigenvalue weighted by Crippen LogP contribution is 2.29. The maximum absolute atomic E-state index is 12.9. The molecule has 1 aliphatic heterocycles. The molecule has 1 fully saturated rings. The molecule has 1 aliphatic rings. The number of hydrogen-bond acceptors (Lipinski definition) is 5. The van der Waals surface area contributed by atoms with E-state index in [2.05, 4.69) is 15.5 Å². The summed E-state index contributed by atoms with van der Waals surface area (Å²) >= 11 is 1.63. The van der Waals surface area contributed by atoms with Crippen molar-refractivity contribution < 1.29 is 18.7 Å². The van der Waals surface area contributed by atoms with Gasteiger partial charge in [-0.2, -0.15) is 0 Å². The number of carbonyl (C=O) groups excluding carboxylic acids is 2. The Hall–Kier alpha value is -2.29. The van der Waals surface area contributed by atoms with Crippen molar-refractivity contribution in [1.29, 1.82) is 0 Å². The molecular formula is C20H24FN3O3S. The molecule has 0 radical (unpaired) electrons. The maximum Gasteiger partial charge on any atom is 0.309 e. The molecule has 3 rings (SSSR count). The van der Waals surface area contributed by atoms with Crippen molar-refractivity contribution in [3.63, 3.8) is 0 Å². The molecular weight excluding hydrogens is 381 g/mol. The number of nitrogens with one attached hydrogen (secondary N) is 2. The molecule has 1 aromatic heterocycles. The molecule has 0 unspecified atom stereocenters. The highest BCUT2D eigenvalue weighted by Gasteiger charge is 2.30. The van der Waals surface area contributed by atoms with Crippen LogP contribution in [0.3, 0.4) is 0 Å². The summed E-state index contributed by atoms with van der Waals surface area (Å²) in [4.78, 5) is 28.0. The molecule has 2 heterocycles. The summed E-state index contributed by atoms with van der Waals surface area (Å²) in [7, 11) is 0. The van der Waals surface area contributed by atoms with Crippen LogP contribution in [0.25, 0.3) is 0 Å². The monoisotopic (exact) mass is 405 g/mol. The smallest absolute Gasteiger partial charge is 0.309 e. The van der Waals surface area contributed by atoms with Crippen molar-refractivity contribution in [3.05, 3.63) is 58.0 Å². The minimum Gasteiger partial charge on any atom is -0.379 e. The molecule has 2 aromatic rings. The van der Waals surface area contributed by atoms with Gasteiger partial charge in [0, 0.05) is 30.6 Å². The number of halogens is 1. The third-order valence-corrected chi connectivity index (χ3v) is 5.62. The first kappa shape index (κ1) is 20.4. The quantitative estimate of drug-likeness (QED) is 0.722. The first-order valence-corrected chi connectivity index (χ1v) is 10.1. The van der Waals surface area contributed by atoms with E-state index in [1.165, 1.54) is 12.1 Å². The van der Waals surface area contributed by atoms with Crippen molar-refractivity contribution in [2.24, 2.45) is 0 Å². The van der Waals surface area contributed by atoms with Crippen molar-refractivity contribution in [1.82, 2.24) is 15.5 Å². The van der Waals surface area contributed by atoms with Crippen LogP contribution in [0.2, 0.25) is 0 Å². The number of hydrogen-bond donors (Lipinski definition) is 2. The second-order valence-corrected chi connectivity index (χ2v) is 7.66. The van der Waals surface area contributed by atoms with Gasteiger partial charge < -0.3 is 15.4 Å². The lowest BCUT2D eigenvalue weighted by Gasteiger charge is -2.37. The number of carbonyl (C=O) groups is 2. The van der Waals surface area contributed by atoms with Gasteiger partial charge in [-0.1, -0.05) is 18.2 Å². The summed E-state index contributed by atoms with van der Waals surface area (Å²) in [5.74, 6) is -1.73. The van der Waals surface area contributed by atoms with E-state index >= 15 is 0 Å². The van der Waals surface area contributed by atoms with Crippen molar-refractivity contribution >= 4 is 23.2 Å². The first-order valence-electron chi connectivity index (χ1n) is 9.23. The highest BCUT2D eigenvalue weighted by atomic mass is 32.1. The van der Waals surface area contributed by atoms with E-state index in [1.807, 2.05) is 24.4 Å². The van der Waals surface area contributed by atoms with Gasteiger partial charge in [0.05, 0.1) is 19.3 Å². The number of benzene rings is 1. The Morgan fingerprint density at radius 2 is 1.89 bits per heavy atom. The van der Waals surface area contributed by atoms with E-state index in [0.29, 0.717) is 13.2 Å². The van der Waals surface area contributed by atoms with E-state index in [4.69, 9.17) is 4.74 Å². The minimum atomic E-state index is -0.705. The zero-order valence-electron chi connectivity index (χ0n) is 15.7. The van der Waals surface area contributed by atoms with Crippen LogP contribution in [-0.4, -0.2) is 49.1 Å². The molecule has 28 heavy (non-hydrogen) atoms. The summed E-state index contributed by atoms with van der Waals surface area (Å²) in [6.45, 7) is 4.93. The zero-order valence-corrected chi connectivity index (χ0v) is 16.5. The fraction of sp³-hybridized carbons (Fsp3) is 0.400. The highest BCUT2D eigenvalue weighted by molar-refractivity contribution is 7.10. The van der Waals surface area contributed by atoms with E-state index in [1.54, 1.807) is 23.5 Å². The molecule has 8 heteroatoms. The Balaban J connectivity index is 1.58. The van der Waals surface area contributed by atoms with Crippen molar-refractivity contribution in [2.45, 2.75) is 25.6 Å². The van der Waals surface area contributed by atoms with E-state index < -0.39 is 11.8 Å². The summed E-state index contributed by atoms with van der Waals surface area (Å²) < 4.78 is 18.4. The number of thiophene rings is 1. The van der Waals surface area contributed by atoms with Gasteiger partial charge in [-0.25, -0.2) is 4.39 Å². The van der Waals surface area contributed by atoms with Gasteiger partial charge in [0.1, 0.15) is 5.82 Å². The molecule has 2 N–H and O–H groups in total. The van der Waals surface area contributed by atoms with Gasteiger partial charge in [-0.15, -0.1) is 11.3 Å². The summed E-state index contributed by atoms with van der Waals surface area (Å²) in [6.07, 6.45) is 0. The van der Waals surface area contributed by atoms with Crippen LogP contribution < -0.4 is 10.6 Å². The number of amides is 2. The Bertz CT molecular complexity index is 777. The fourth-order valence-electron chi connectivity index (χ4n) is 3.27. The molecule has 150 valence electrons. The van der Waals surface area contributed by atoms with Gasteiger partial charge in [-0.05, 0) is 36.1 Å². The Morgan fingerprint density at radius 1 is 1.18 bits per heavy atom. The standard InChI is InChI=1S/C20H24FN3O3S/c1-14(18(17-3-2-12-28-17)24-8-10-27-11-9-24)23-20(26)19(25)22-13-15-4-6-16(21)7-5-15/h2-7,12,14,18H,8-11,13H2,1H3,(H,22,25)(H,23,26)/t14-,18+/m0/s1. The van der Waals surface area contributed by atoms with Crippen LogP contribution in [0.5, 0.6) is 0 Å². The van der Waals surface area contributed by atoms with Crippen molar-refractivity contribution in [3.8, 4) is 0 Å². The van der Waals surface area contributed by atoms with Crippen LogP contribution in [-0.2, 0) is 20.9 Å². The van der Waals surface area contributed by atoms with Crippen LogP contribution in [0.1, 0.15) is 23.4 Å². The average Bonchev–Trinajstić information content (AvgIpc) is 3.22. The topological polar surface area (TPSA) is 70.7 Å². The second kappa shape index (κ2) is 9.77. The predicted octanol–water partition coefficient (Wildman–Crippen LogP) is 2.08. The van der Waals surface area contributed by atoms with E-state index in [-0.39, 0.29) is 24.4 Å². The summed E-state index contributed by atoms with van der Waals surface area (Å²) in [5, 5.41) is 7.40.